The molecule has 0 radical (unpaired) electrons. The Hall–Kier alpha value is -0.650. The van der Waals surface area contributed by atoms with Crippen molar-refractivity contribution in [2.45, 2.75) is 19.4 Å². The molecule has 0 N–H and O–H groups in total. The van der Waals surface area contributed by atoms with E-state index >= 15 is 0 Å². The molecule has 0 aliphatic rings. The topological polar surface area (TPSA) is 54.0 Å². The fraction of sp³-hybridized carbons (Fsp3) is 0.900. The molecule has 0 bridgehead atoms. The molecule has 0 rings (SSSR count). The molecule has 0 aliphatic carbocycles. The van der Waals surface area contributed by atoms with Gasteiger partial charge in [0.05, 0.1) is 20.3 Å². The minimum Gasteiger partial charge on any atom is -0.467 e. The molecular formula is C10H20O5. The lowest BCUT2D eigenvalue weighted by Gasteiger charge is -2.10. The summed E-state index contributed by atoms with van der Waals surface area (Å²) in [6.45, 7) is 3.86. The van der Waals surface area contributed by atoms with Crippen LogP contribution in [0.2, 0.25) is 0 Å². The molecular weight excluding hydrogens is 200 g/mol. The minimum absolute atomic E-state index is 0.366. The third kappa shape index (κ3) is 8.35. The van der Waals surface area contributed by atoms with E-state index in [9.17, 15) is 4.79 Å². The second kappa shape index (κ2) is 9.89. The number of hydrogen-bond donors (Lipinski definition) is 0. The number of esters is 1. The Morgan fingerprint density at radius 1 is 1.13 bits per heavy atom. The maximum absolute atomic E-state index is 10.9. The number of carbonyl (C=O) groups is 1. The van der Waals surface area contributed by atoms with Gasteiger partial charge < -0.3 is 18.9 Å². The molecule has 0 saturated heterocycles. The van der Waals surface area contributed by atoms with Crippen molar-refractivity contribution >= 4 is 5.97 Å². The zero-order valence-corrected chi connectivity index (χ0v) is 9.65. The van der Waals surface area contributed by atoms with Crippen molar-refractivity contribution < 1.29 is 23.7 Å². The molecule has 0 aromatic heterocycles. The summed E-state index contributed by atoms with van der Waals surface area (Å²) in [6, 6.07) is 0. The summed E-state index contributed by atoms with van der Waals surface area (Å²) in [6.07, 6.45) is 0.334. The Kier molecular flexibility index (Phi) is 9.46. The van der Waals surface area contributed by atoms with Crippen LogP contribution in [-0.2, 0) is 23.7 Å². The van der Waals surface area contributed by atoms with E-state index in [1.807, 2.05) is 0 Å². The van der Waals surface area contributed by atoms with Gasteiger partial charge >= 0.3 is 5.97 Å². The zero-order valence-electron chi connectivity index (χ0n) is 9.65. The quantitative estimate of drug-likeness (QED) is 0.421. The monoisotopic (exact) mass is 220 g/mol. The van der Waals surface area contributed by atoms with E-state index < -0.39 is 6.10 Å². The average Bonchev–Trinajstić information content (AvgIpc) is 2.26. The van der Waals surface area contributed by atoms with Crippen LogP contribution >= 0.6 is 0 Å². The van der Waals surface area contributed by atoms with Crippen LogP contribution < -0.4 is 0 Å². The maximum atomic E-state index is 10.9. The number of methoxy groups -OCH3 is 2. The first-order chi connectivity index (χ1) is 7.22. The molecule has 5 heteroatoms. The zero-order chi connectivity index (χ0) is 11.5. The van der Waals surface area contributed by atoms with Crippen molar-refractivity contribution in [1.29, 1.82) is 0 Å². The van der Waals surface area contributed by atoms with Gasteiger partial charge in [0.15, 0.2) is 6.10 Å². The van der Waals surface area contributed by atoms with E-state index in [-0.39, 0.29) is 5.97 Å². The van der Waals surface area contributed by atoms with Crippen LogP contribution in [0.15, 0.2) is 0 Å². The van der Waals surface area contributed by atoms with Gasteiger partial charge in [-0.25, -0.2) is 4.79 Å². The molecule has 0 aromatic carbocycles. The SMILES string of the molecule is COCCCOCCO[C@@H](C)C(=O)OC. The number of rotatable bonds is 9. The molecule has 90 valence electrons. The Morgan fingerprint density at radius 3 is 2.47 bits per heavy atom. The summed E-state index contributed by atoms with van der Waals surface area (Å²) in [4.78, 5) is 10.9. The van der Waals surface area contributed by atoms with Crippen LogP contribution in [0.25, 0.3) is 0 Å². The van der Waals surface area contributed by atoms with Crippen molar-refractivity contribution in [3.63, 3.8) is 0 Å². The van der Waals surface area contributed by atoms with Gasteiger partial charge in [0.2, 0.25) is 0 Å². The smallest absolute Gasteiger partial charge is 0.334 e. The molecule has 15 heavy (non-hydrogen) atoms. The van der Waals surface area contributed by atoms with Crippen LogP contribution in [0.4, 0.5) is 0 Å². The van der Waals surface area contributed by atoms with Crippen LogP contribution in [0, 0.1) is 0 Å². The van der Waals surface area contributed by atoms with Gasteiger partial charge in [-0.15, -0.1) is 0 Å². The summed E-state index contributed by atoms with van der Waals surface area (Å²) in [5.74, 6) is -0.366. The van der Waals surface area contributed by atoms with E-state index in [1.165, 1.54) is 7.11 Å². The van der Waals surface area contributed by atoms with Crippen LogP contribution in [0.3, 0.4) is 0 Å². The van der Waals surface area contributed by atoms with Crippen molar-refractivity contribution in [2.24, 2.45) is 0 Å². The standard InChI is InChI=1S/C10H20O5/c1-9(10(11)13-3)15-8-7-14-6-4-5-12-2/h9H,4-8H2,1-3H3/t9-/m0/s1. The molecule has 0 spiro atoms. The molecule has 0 heterocycles. The normalized spacial score (nSPS) is 12.5. The van der Waals surface area contributed by atoms with Gasteiger partial charge in [0.1, 0.15) is 0 Å². The lowest BCUT2D eigenvalue weighted by molar-refractivity contribution is -0.153. The van der Waals surface area contributed by atoms with Crippen LogP contribution in [-0.4, -0.2) is 52.7 Å². The largest absolute Gasteiger partial charge is 0.467 e. The molecule has 0 fully saturated rings. The number of ether oxygens (including phenoxy) is 4. The van der Waals surface area contributed by atoms with Gasteiger partial charge in [-0.05, 0) is 13.3 Å². The summed E-state index contributed by atoms with van der Waals surface area (Å²) in [7, 11) is 2.99. The fourth-order valence-corrected chi connectivity index (χ4v) is 0.925. The van der Waals surface area contributed by atoms with Gasteiger partial charge in [-0.3, -0.25) is 0 Å². The van der Waals surface area contributed by atoms with Crippen molar-refractivity contribution in [3.05, 3.63) is 0 Å². The van der Waals surface area contributed by atoms with Gasteiger partial charge in [0.25, 0.3) is 0 Å². The van der Waals surface area contributed by atoms with E-state index in [0.29, 0.717) is 26.4 Å². The molecule has 5 nitrogen and oxygen atoms in total. The van der Waals surface area contributed by atoms with E-state index in [4.69, 9.17) is 14.2 Å². The summed E-state index contributed by atoms with van der Waals surface area (Å²) in [5, 5.41) is 0. The highest BCUT2D eigenvalue weighted by Gasteiger charge is 2.12. The second-order valence-corrected chi connectivity index (χ2v) is 2.99. The Morgan fingerprint density at radius 2 is 1.87 bits per heavy atom. The van der Waals surface area contributed by atoms with Crippen LogP contribution in [0.1, 0.15) is 13.3 Å². The van der Waals surface area contributed by atoms with Crippen molar-refractivity contribution in [2.75, 3.05) is 40.6 Å². The number of carbonyl (C=O) groups excluding carboxylic acids is 1. The second-order valence-electron chi connectivity index (χ2n) is 2.99. The first-order valence-corrected chi connectivity index (χ1v) is 4.98. The number of hydrogen-bond acceptors (Lipinski definition) is 5. The first-order valence-electron chi connectivity index (χ1n) is 4.98. The maximum Gasteiger partial charge on any atom is 0.334 e. The highest BCUT2D eigenvalue weighted by atomic mass is 16.6. The molecule has 0 unspecified atom stereocenters. The third-order valence-corrected chi connectivity index (χ3v) is 1.77. The van der Waals surface area contributed by atoms with Crippen LogP contribution in [0.5, 0.6) is 0 Å². The molecule has 0 amide bonds. The molecule has 1 atom stereocenters. The fourth-order valence-electron chi connectivity index (χ4n) is 0.925. The summed E-state index contributed by atoms with van der Waals surface area (Å²) in [5.41, 5.74) is 0. The predicted octanol–water partition coefficient (Wildman–Crippen LogP) is 0.618. The molecule has 0 aromatic rings. The Balaban J connectivity index is 3.20. The van der Waals surface area contributed by atoms with E-state index in [2.05, 4.69) is 4.74 Å². The highest BCUT2D eigenvalue weighted by molar-refractivity contribution is 5.73. The van der Waals surface area contributed by atoms with Gasteiger partial charge in [-0.2, -0.15) is 0 Å². The van der Waals surface area contributed by atoms with Gasteiger partial charge in [-0.1, -0.05) is 0 Å². The Bertz CT molecular complexity index is 160. The summed E-state index contributed by atoms with van der Waals surface area (Å²) < 4.78 is 19.8. The average molecular weight is 220 g/mol. The third-order valence-electron chi connectivity index (χ3n) is 1.77. The Labute approximate surface area is 90.6 Å². The van der Waals surface area contributed by atoms with Crippen molar-refractivity contribution in [1.82, 2.24) is 0 Å². The van der Waals surface area contributed by atoms with Gasteiger partial charge in [0, 0.05) is 20.3 Å². The van der Waals surface area contributed by atoms with E-state index in [0.717, 1.165) is 6.42 Å². The molecule has 0 saturated carbocycles. The van der Waals surface area contributed by atoms with Crippen molar-refractivity contribution in [3.8, 4) is 0 Å². The first kappa shape index (κ1) is 14.3. The predicted molar refractivity (Wildman–Crippen MR) is 54.7 cm³/mol. The lowest BCUT2D eigenvalue weighted by Crippen LogP contribution is -2.23. The highest BCUT2D eigenvalue weighted by Crippen LogP contribution is 1.93. The van der Waals surface area contributed by atoms with E-state index in [1.54, 1.807) is 14.0 Å². The summed E-state index contributed by atoms with van der Waals surface area (Å²) >= 11 is 0. The minimum atomic E-state index is -0.530. The lowest BCUT2D eigenvalue weighted by atomic mass is 10.4. The molecule has 0 aliphatic heterocycles.